The van der Waals surface area contributed by atoms with Crippen LogP contribution in [0.1, 0.15) is 187 Å². The molecule has 1 rings (SSSR count). The van der Waals surface area contributed by atoms with E-state index in [1.54, 1.807) is 6.08 Å². The van der Waals surface area contributed by atoms with Gasteiger partial charge in [-0.15, -0.1) is 0 Å². The summed E-state index contributed by atoms with van der Waals surface area (Å²) in [6.45, 7) is 3.74. The van der Waals surface area contributed by atoms with E-state index in [9.17, 15) is 30.3 Å². The van der Waals surface area contributed by atoms with Gasteiger partial charge in [-0.25, -0.2) is 0 Å². The van der Waals surface area contributed by atoms with Crippen molar-refractivity contribution in [1.82, 2.24) is 5.32 Å². The summed E-state index contributed by atoms with van der Waals surface area (Å²) in [5.41, 5.74) is 0. The van der Waals surface area contributed by atoms with Gasteiger partial charge >= 0.3 is 0 Å². The molecular formula is C43H81NO8. The fraction of sp³-hybridized carbons (Fsp3) is 0.884. The van der Waals surface area contributed by atoms with Gasteiger partial charge in [0.2, 0.25) is 5.91 Å². The van der Waals surface area contributed by atoms with Crippen molar-refractivity contribution in [2.75, 3.05) is 13.2 Å². The van der Waals surface area contributed by atoms with Crippen LogP contribution in [-0.4, -0.2) is 87.5 Å². The number of carbonyl (C=O) groups excluding carboxylic acids is 1. The summed E-state index contributed by atoms with van der Waals surface area (Å²) < 4.78 is 11.2. The van der Waals surface area contributed by atoms with Crippen molar-refractivity contribution in [2.24, 2.45) is 0 Å². The number of aliphatic hydroxyl groups is 5. The second-order valence-electron chi connectivity index (χ2n) is 15.1. The fourth-order valence-electron chi connectivity index (χ4n) is 6.76. The lowest BCUT2D eigenvalue weighted by molar-refractivity contribution is -0.302. The van der Waals surface area contributed by atoms with Crippen molar-refractivity contribution in [1.29, 1.82) is 0 Å². The molecule has 2 unspecified atom stereocenters. The van der Waals surface area contributed by atoms with Crippen LogP contribution in [0, 0.1) is 0 Å². The number of unbranched alkanes of at least 4 members (excludes halogenated alkanes) is 23. The Bertz CT molecular complexity index is 868. The van der Waals surface area contributed by atoms with E-state index in [1.807, 2.05) is 6.08 Å². The standard InChI is InChI=1S/C43H81NO8/c1-3-5-7-9-11-13-15-17-18-19-21-22-24-26-28-30-32-37(46)36(35-51-43-42(50)41(49)40(48)38(34-45)52-43)44-39(47)33-31-29-27-25-23-20-16-14-12-10-8-6-4-2/h22,24,30,32,36-38,40-43,45-46,48-50H,3-21,23,25-29,31,33-35H2,1-2H3,(H,44,47)/b24-22+,32-30+/t36-,37+,38+,40+,41?,42?,43+/m0/s1. The van der Waals surface area contributed by atoms with Crippen LogP contribution in [-0.2, 0) is 14.3 Å². The summed E-state index contributed by atoms with van der Waals surface area (Å²) in [6.07, 6.45) is 32.2. The van der Waals surface area contributed by atoms with Gasteiger partial charge in [-0.2, -0.15) is 0 Å². The van der Waals surface area contributed by atoms with E-state index in [2.05, 4.69) is 31.3 Å². The highest BCUT2D eigenvalue weighted by Gasteiger charge is 2.44. The molecule has 1 aliphatic rings. The summed E-state index contributed by atoms with van der Waals surface area (Å²) >= 11 is 0. The van der Waals surface area contributed by atoms with Gasteiger partial charge in [0.25, 0.3) is 0 Å². The molecule has 1 heterocycles. The number of carbonyl (C=O) groups is 1. The van der Waals surface area contributed by atoms with E-state index in [0.29, 0.717) is 6.42 Å². The summed E-state index contributed by atoms with van der Waals surface area (Å²) in [4.78, 5) is 12.9. The number of amides is 1. The molecule has 7 atom stereocenters. The molecule has 0 spiro atoms. The van der Waals surface area contributed by atoms with Crippen molar-refractivity contribution in [3.8, 4) is 0 Å². The summed E-state index contributed by atoms with van der Waals surface area (Å²) in [6, 6.07) is -0.815. The lowest BCUT2D eigenvalue weighted by atomic mass is 9.99. The number of hydrogen-bond acceptors (Lipinski definition) is 8. The molecule has 0 bridgehead atoms. The highest BCUT2D eigenvalue weighted by atomic mass is 16.7. The first kappa shape index (κ1) is 48.7. The summed E-state index contributed by atoms with van der Waals surface area (Å²) in [7, 11) is 0. The van der Waals surface area contributed by atoms with E-state index < -0.39 is 49.5 Å². The maximum absolute atomic E-state index is 12.9. The molecule has 9 heteroatoms. The lowest BCUT2D eigenvalue weighted by Crippen LogP contribution is -2.60. The number of aliphatic hydroxyl groups excluding tert-OH is 5. The van der Waals surface area contributed by atoms with Gasteiger partial charge in [-0.1, -0.05) is 173 Å². The molecule has 1 aliphatic heterocycles. The van der Waals surface area contributed by atoms with Crippen LogP contribution < -0.4 is 5.32 Å². The zero-order chi connectivity index (χ0) is 38.1. The summed E-state index contributed by atoms with van der Waals surface area (Å²) in [5.74, 6) is -0.187. The molecule has 0 aromatic heterocycles. The number of rotatable bonds is 35. The number of ether oxygens (including phenoxy) is 2. The predicted octanol–water partition coefficient (Wildman–Crippen LogP) is 8.33. The normalized spacial score (nSPS) is 22.0. The molecule has 0 aromatic carbocycles. The van der Waals surface area contributed by atoms with Gasteiger partial charge in [-0.05, 0) is 32.1 Å². The third kappa shape index (κ3) is 24.9. The van der Waals surface area contributed by atoms with Gasteiger partial charge in [-0.3, -0.25) is 4.79 Å². The van der Waals surface area contributed by atoms with Crippen LogP contribution in [0.3, 0.4) is 0 Å². The molecule has 6 N–H and O–H groups in total. The maximum atomic E-state index is 12.9. The van der Waals surface area contributed by atoms with Crippen LogP contribution in [0.4, 0.5) is 0 Å². The largest absolute Gasteiger partial charge is 0.394 e. The van der Waals surface area contributed by atoms with Crippen LogP contribution in [0.25, 0.3) is 0 Å². The Balaban J connectivity index is 2.42. The number of allylic oxidation sites excluding steroid dienone is 3. The second kappa shape index (κ2) is 34.2. The first-order valence-corrected chi connectivity index (χ1v) is 21.6. The Labute approximate surface area is 318 Å². The molecule has 0 aliphatic carbocycles. The third-order valence-electron chi connectivity index (χ3n) is 10.3. The van der Waals surface area contributed by atoms with E-state index in [0.717, 1.165) is 38.5 Å². The van der Waals surface area contributed by atoms with Gasteiger partial charge in [0.05, 0.1) is 25.4 Å². The van der Waals surface area contributed by atoms with Gasteiger partial charge < -0.3 is 40.3 Å². The Morgan fingerprint density at radius 3 is 1.62 bits per heavy atom. The van der Waals surface area contributed by atoms with E-state index in [-0.39, 0.29) is 12.5 Å². The smallest absolute Gasteiger partial charge is 0.220 e. The summed E-state index contributed by atoms with van der Waals surface area (Å²) in [5, 5.41) is 54.0. The molecule has 52 heavy (non-hydrogen) atoms. The average Bonchev–Trinajstić information content (AvgIpc) is 3.14. The lowest BCUT2D eigenvalue weighted by Gasteiger charge is -2.40. The molecule has 306 valence electrons. The van der Waals surface area contributed by atoms with E-state index >= 15 is 0 Å². The van der Waals surface area contributed by atoms with Crippen molar-refractivity contribution in [2.45, 2.75) is 230 Å². The predicted molar refractivity (Wildman–Crippen MR) is 212 cm³/mol. The minimum absolute atomic E-state index is 0.187. The molecular weight excluding hydrogens is 658 g/mol. The number of hydrogen-bond donors (Lipinski definition) is 6. The monoisotopic (exact) mass is 740 g/mol. The Kier molecular flexibility index (Phi) is 32.0. The van der Waals surface area contributed by atoms with Gasteiger partial charge in [0, 0.05) is 6.42 Å². The van der Waals surface area contributed by atoms with Crippen molar-refractivity contribution >= 4 is 5.91 Å². The molecule has 1 saturated heterocycles. The molecule has 1 amide bonds. The minimum Gasteiger partial charge on any atom is -0.394 e. The van der Waals surface area contributed by atoms with Crippen LogP contribution >= 0.6 is 0 Å². The van der Waals surface area contributed by atoms with Crippen molar-refractivity contribution < 1.29 is 39.8 Å². The Hall–Kier alpha value is -1.33. The van der Waals surface area contributed by atoms with Crippen molar-refractivity contribution in [3.63, 3.8) is 0 Å². The molecule has 0 aromatic rings. The SMILES string of the molecule is CCCCCCCCCCCC/C=C/CC/C=C/[C@@H](O)[C@H](CO[C@@H]1O[C@H](CO)[C@@H](O)C(O)C1O)NC(=O)CCCCCCCCCCCCCCC. The fourth-order valence-corrected chi connectivity index (χ4v) is 6.76. The Morgan fingerprint density at radius 1 is 0.635 bits per heavy atom. The highest BCUT2D eigenvalue weighted by molar-refractivity contribution is 5.76. The molecule has 9 nitrogen and oxygen atoms in total. The minimum atomic E-state index is -1.57. The average molecular weight is 740 g/mol. The van der Waals surface area contributed by atoms with Crippen LogP contribution in [0.5, 0.6) is 0 Å². The quantitative estimate of drug-likeness (QED) is 0.0281. The zero-order valence-electron chi connectivity index (χ0n) is 33.3. The maximum Gasteiger partial charge on any atom is 0.220 e. The van der Waals surface area contributed by atoms with Gasteiger partial charge in [0.15, 0.2) is 6.29 Å². The molecule has 1 fully saturated rings. The Morgan fingerprint density at radius 2 is 1.10 bits per heavy atom. The first-order valence-electron chi connectivity index (χ1n) is 21.6. The molecule has 0 radical (unpaired) electrons. The van der Waals surface area contributed by atoms with Gasteiger partial charge in [0.1, 0.15) is 24.4 Å². The van der Waals surface area contributed by atoms with Crippen LogP contribution in [0.15, 0.2) is 24.3 Å². The topological polar surface area (TPSA) is 149 Å². The second-order valence-corrected chi connectivity index (χ2v) is 15.1. The highest BCUT2D eigenvalue weighted by Crippen LogP contribution is 2.22. The first-order chi connectivity index (χ1) is 25.3. The zero-order valence-corrected chi connectivity index (χ0v) is 33.3. The van der Waals surface area contributed by atoms with E-state index in [4.69, 9.17) is 9.47 Å². The molecule has 0 saturated carbocycles. The van der Waals surface area contributed by atoms with E-state index in [1.165, 1.54) is 128 Å². The third-order valence-corrected chi connectivity index (χ3v) is 10.3. The van der Waals surface area contributed by atoms with Crippen molar-refractivity contribution in [3.05, 3.63) is 24.3 Å². The van der Waals surface area contributed by atoms with Crippen LogP contribution in [0.2, 0.25) is 0 Å². The number of nitrogens with one attached hydrogen (secondary N) is 1.